The fourth-order valence-corrected chi connectivity index (χ4v) is 6.30. The number of methoxy groups -OCH3 is 1. The van der Waals surface area contributed by atoms with Crippen LogP contribution in [0.1, 0.15) is 64.5 Å². The number of fused-ring (bicyclic) bond motifs is 3. The third kappa shape index (κ3) is 2.86. The zero-order valence-electron chi connectivity index (χ0n) is 16.5. The monoisotopic (exact) mass is 418 g/mol. The second-order valence-electron chi connectivity index (χ2n) is 9.50. The van der Waals surface area contributed by atoms with Crippen LogP contribution in [0.15, 0.2) is 34.8 Å². The summed E-state index contributed by atoms with van der Waals surface area (Å²) < 4.78 is 13.8. The van der Waals surface area contributed by atoms with E-state index in [9.17, 15) is 0 Å². The van der Waals surface area contributed by atoms with Crippen molar-refractivity contribution in [3.05, 3.63) is 40.4 Å². The van der Waals surface area contributed by atoms with Gasteiger partial charge in [-0.3, -0.25) is 0 Å². The van der Waals surface area contributed by atoms with Crippen LogP contribution in [-0.2, 0) is 4.74 Å². The number of allylic oxidation sites excluding steroid dienone is 1. The summed E-state index contributed by atoms with van der Waals surface area (Å²) in [7, 11) is 1.84. The molecule has 1 heterocycles. The minimum Gasteiger partial charge on any atom is -0.487 e. The molecule has 2 nitrogen and oxygen atoms in total. The lowest BCUT2D eigenvalue weighted by atomic mass is 9.52. The second-order valence-corrected chi connectivity index (χ2v) is 10.4. The molecule has 0 radical (unpaired) electrons. The molecule has 0 bridgehead atoms. The lowest BCUT2D eigenvalue weighted by Crippen LogP contribution is -2.49. The van der Waals surface area contributed by atoms with E-state index in [0.29, 0.717) is 17.3 Å². The Bertz CT molecular complexity index is 725. The molecule has 3 aliphatic rings. The molecule has 5 atom stereocenters. The summed E-state index contributed by atoms with van der Waals surface area (Å²) in [5.41, 5.74) is 2.88. The van der Waals surface area contributed by atoms with Gasteiger partial charge in [-0.25, -0.2) is 0 Å². The Balaban J connectivity index is 1.71. The van der Waals surface area contributed by atoms with Gasteiger partial charge < -0.3 is 9.47 Å². The molecule has 0 aromatic heterocycles. The minimum atomic E-state index is -0.178. The largest absolute Gasteiger partial charge is 0.487 e. The van der Waals surface area contributed by atoms with E-state index in [0.717, 1.165) is 35.4 Å². The number of hydrogen-bond acceptors (Lipinski definition) is 2. The summed E-state index contributed by atoms with van der Waals surface area (Å²) in [6, 6.07) is 6.32. The van der Waals surface area contributed by atoms with Crippen LogP contribution in [0.3, 0.4) is 0 Å². The molecular weight excluding hydrogens is 388 g/mol. The molecule has 1 aromatic carbocycles. The van der Waals surface area contributed by atoms with E-state index in [4.69, 9.17) is 9.47 Å². The van der Waals surface area contributed by atoms with Gasteiger partial charge in [0.2, 0.25) is 0 Å². The molecule has 4 rings (SSSR count). The predicted molar refractivity (Wildman–Crippen MR) is 109 cm³/mol. The van der Waals surface area contributed by atoms with Crippen molar-refractivity contribution in [2.45, 2.75) is 64.6 Å². The van der Waals surface area contributed by atoms with E-state index in [2.05, 4.69) is 61.5 Å². The molecule has 26 heavy (non-hydrogen) atoms. The molecular formula is C23H31BrO2. The molecule has 1 aliphatic heterocycles. The van der Waals surface area contributed by atoms with E-state index in [1.54, 1.807) is 0 Å². The van der Waals surface area contributed by atoms with Crippen molar-refractivity contribution >= 4 is 15.9 Å². The normalized spacial score (nSPS) is 38.4. The summed E-state index contributed by atoms with van der Waals surface area (Å²) in [6.07, 6.45) is 5.85. The molecule has 1 aromatic rings. The van der Waals surface area contributed by atoms with Gasteiger partial charge in [-0.05, 0) is 74.5 Å². The minimum absolute atomic E-state index is 0.0813. The number of ether oxygens (including phenoxy) is 2. The number of benzene rings is 1. The van der Waals surface area contributed by atoms with Crippen molar-refractivity contribution in [1.29, 1.82) is 0 Å². The van der Waals surface area contributed by atoms with Gasteiger partial charge in [0.05, 0.1) is 6.10 Å². The fraction of sp³-hybridized carbons (Fsp3) is 0.652. The lowest BCUT2D eigenvalue weighted by molar-refractivity contribution is -0.0942. The first-order valence-corrected chi connectivity index (χ1v) is 10.7. The van der Waals surface area contributed by atoms with Crippen molar-refractivity contribution in [1.82, 2.24) is 0 Å². The van der Waals surface area contributed by atoms with Crippen LogP contribution in [-0.4, -0.2) is 12.7 Å². The zero-order valence-corrected chi connectivity index (χ0v) is 18.1. The van der Waals surface area contributed by atoms with E-state index in [-0.39, 0.29) is 11.7 Å². The molecule has 0 unspecified atom stereocenters. The van der Waals surface area contributed by atoms with Crippen molar-refractivity contribution in [2.75, 3.05) is 7.11 Å². The van der Waals surface area contributed by atoms with E-state index in [1.165, 1.54) is 24.0 Å². The third-order valence-electron chi connectivity index (χ3n) is 7.51. The molecule has 0 spiro atoms. The highest BCUT2D eigenvalue weighted by atomic mass is 79.9. The molecule has 0 saturated heterocycles. The molecule has 2 saturated carbocycles. The number of halogens is 1. The Labute approximate surface area is 166 Å². The van der Waals surface area contributed by atoms with Crippen LogP contribution >= 0.6 is 15.9 Å². The lowest BCUT2D eigenvalue weighted by Gasteiger charge is -2.53. The molecule has 2 fully saturated rings. The first-order valence-electron chi connectivity index (χ1n) is 9.94. The Kier molecular flexibility index (Phi) is 4.55. The highest BCUT2D eigenvalue weighted by molar-refractivity contribution is 9.10. The van der Waals surface area contributed by atoms with E-state index >= 15 is 0 Å². The summed E-state index contributed by atoms with van der Waals surface area (Å²) >= 11 is 3.61. The molecule has 0 amide bonds. The predicted octanol–water partition coefficient (Wildman–Crippen LogP) is 6.70. The van der Waals surface area contributed by atoms with Gasteiger partial charge in [-0.1, -0.05) is 41.9 Å². The van der Waals surface area contributed by atoms with Gasteiger partial charge in [-0.2, -0.15) is 0 Å². The fourth-order valence-electron chi connectivity index (χ4n) is 5.92. The highest BCUT2D eigenvalue weighted by Gasteiger charge is 2.53. The topological polar surface area (TPSA) is 18.5 Å². The SMILES string of the molecule is C=C1CC[C@H]2[C@H](OC)c3cc(Br)ccc3O[C@]2(C)CC[C@@H]2[C@@H]1CC2(C)C. The quantitative estimate of drug-likeness (QED) is 0.472. The highest BCUT2D eigenvalue weighted by Crippen LogP contribution is 2.59. The van der Waals surface area contributed by atoms with Gasteiger partial charge in [-0.15, -0.1) is 0 Å². The third-order valence-corrected chi connectivity index (χ3v) is 8.01. The molecule has 142 valence electrons. The summed E-state index contributed by atoms with van der Waals surface area (Å²) in [5.74, 6) is 2.78. The van der Waals surface area contributed by atoms with Gasteiger partial charge in [0.15, 0.2) is 0 Å². The van der Waals surface area contributed by atoms with Crippen LogP contribution in [0.2, 0.25) is 0 Å². The second kappa shape index (κ2) is 6.38. The zero-order chi connectivity index (χ0) is 18.7. The van der Waals surface area contributed by atoms with Crippen LogP contribution < -0.4 is 4.74 Å². The van der Waals surface area contributed by atoms with Crippen molar-refractivity contribution in [3.63, 3.8) is 0 Å². The average molecular weight is 419 g/mol. The van der Waals surface area contributed by atoms with Gasteiger partial charge in [0.1, 0.15) is 11.4 Å². The van der Waals surface area contributed by atoms with Crippen LogP contribution in [0.25, 0.3) is 0 Å². The smallest absolute Gasteiger partial charge is 0.126 e. The van der Waals surface area contributed by atoms with Gasteiger partial charge in [0.25, 0.3) is 0 Å². The van der Waals surface area contributed by atoms with Crippen molar-refractivity contribution in [3.8, 4) is 5.75 Å². The first-order chi connectivity index (χ1) is 12.2. The Morgan fingerprint density at radius 2 is 1.96 bits per heavy atom. The van der Waals surface area contributed by atoms with Crippen LogP contribution in [0.4, 0.5) is 0 Å². The maximum atomic E-state index is 6.68. The maximum absolute atomic E-state index is 6.68. The molecule has 3 heteroatoms. The number of hydrogen-bond donors (Lipinski definition) is 0. The number of rotatable bonds is 1. The van der Waals surface area contributed by atoms with Gasteiger partial charge >= 0.3 is 0 Å². The summed E-state index contributed by atoms with van der Waals surface area (Å²) in [4.78, 5) is 0. The Morgan fingerprint density at radius 1 is 1.19 bits per heavy atom. The summed E-state index contributed by atoms with van der Waals surface area (Å²) in [5, 5.41) is 0. The van der Waals surface area contributed by atoms with Crippen LogP contribution in [0.5, 0.6) is 5.75 Å². The van der Waals surface area contributed by atoms with Crippen molar-refractivity contribution < 1.29 is 9.47 Å². The van der Waals surface area contributed by atoms with Crippen LogP contribution in [0, 0.1) is 23.2 Å². The maximum Gasteiger partial charge on any atom is 0.126 e. The van der Waals surface area contributed by atoms with Gasteiger partial charge in [0, 0.05) is 23.1 Å². The van der Waals surface area contributed by atoms with E-state index < -0.39 is 0 Å². The Morgan fingerprint density at radius 3 is 2.65 bits per heavy atom. The standard InChI is InChI=1S/C23H31BrO2/c1-14-6-8-19-21(25-5)16-12-15(24)7-9-20(16)26-23(19,4)11-10-18-17(14)13-22(18,2)3/h7,9,12,17-19,21H,1,6,8,10-11,13H2,2-5H3/t17-,18-,19+,21-,23-/m1/s1. The first kappa shape index (κ1) is 18.6. The summed E-state index contributed by atoms with van der Waals surface area (Å²) in [6.45, 7) is 11.6. The van der Waals surface area contributed by atoms with E-state index in [1.807, 2.05) is 7.11 Å². The molecule has 0 N–H and O–H groups in total. The Hall–Kier alpha value is -0.800. The molecule has 2 aliphatic carbocycles. The average Bonchev–Trinajstić information content (AvgIpc) is 2.61. The van der Waals surface area contributed by atoms with Crippen molar-refractivity contribution in [2.24, 2.45) is 23.2 Å².